The Balaban J connectivity index is 2.00. The minimum absolute atomic E-state index is 0.0407. The molecule has 0 saturated carbocycles. The number of benzene rings is 1. The Kier molecular flexibility index (Phi) is 8.32. The van der Waals surface area contributed by atoms with E-state index in [0.29, 0.717) is 11.6 Å². The SMILES string of the molecule is CCNC(=NCC(C)(C)c1ccc(F)cc1Cl)NC1CCN(C(=O)C(C)C)CC1. The minimum Gasteiger partial charge on any atom is -0.357 e. The summed E-state index contributed by atoms with van der Waals surface area (Å²) >= 11 is 6.26. The Labute approximate surface area is 179 Å². The van der Waals surface area contributed by atoms with E-state index >= 15 is 0 Å². The van der Waals surface area contributed by atoms with Gasteiger partial charge in [-0.1, -0.05) is 45.4 Å². The lowest BCUT2D eigenvalue weighted by molar-refractivity contribution is -0.135. The largest absolute Gasteiger partial charge is 0.357 e. The van der Waals surface area contributed by atoms with Crippen molar-refractivity contribution in [3.63, 3.8) is 0 Å². The topological polar surface area (TPSA) is 56.7 Å². The number of carbonyl (C=O) groups excluding carboxylic acids is 1. The van der Waals surface area contributed by atoms with Gasteiger partial charge in [0.05, 0.1) is 6.54 Å². The average molecular weight is 425 g/mol. The van der Waals surface area contributed by atoms with Crippen LogP contribution < -0.4 is 10.6 Å². The first-order valence-electron chi connectivity index (χ1n) is 10.4. The molecule has 162 valence electrons. The number of likely N-dealkylation sites (tertiary alicyclic amines) is 1. The summed E-state index contributed by atoms with van der Waals surface area (Å²) in [7, 11) is 0. The highest BCUT2D eigenvalue weighted by Gasteiger charge is 2.26. The molecule has 1 fully saturated rings. The molecule has 2 N–H and O–H groups in total. The summed E-state index contributed by atoms with van der Waals surface area (Å²) in [6.45, 7) is 12.8. The maximum Gasteiger partial charge on any atom is 0.225 e. The van der Waals surface area contributed by atoms with E-state index in [1.807, 2.05) is 25.7 Å². The van der Waals surface area contributed by atoms with E-state index in [0.717, 1.165) is 44.0 Å². The van der Waals surface area contributed by atoms with Crippen molar-refractivity contribution in [2.24, 2.45) is 10.9 Å². The maximum atomic E-state index is 13.4. The monoisotopic (exact) mass is 424 g/mol. The van der Waals surface area contributed by atoms with Crippen molar-refractivity contribution < 1.29 is 9.18 Å². The molecule has 0 radical (unpaired) electrons. The molecule has 1 aromatic rings. The second-order valence-electron chi connectivity index (χ2n) is 8.60. The highest BCUT2D eigenvalue weighted by molar-refractivity contribution is 6.31. The number of halogens is 2. The van der Waals surface area contributed by atoms with Crippen molar-refractivity contribution in [2.75, 3.05) is 26.2 Å². The number of hydrogen-bond donors (Lipinski definition) is 2. The van der Waals surface area contributed by atoms with Gasteiger partial charge in [0.15, 0.2) is 5.96 Å². The molecule has 1 aliphatic rings. The lowest BCUT2D eigenvalue weighted by atomic mass is 9.84. The molecule has 0 spiro atoms. The Morgan fingerprint density at radius 1 is 1.34 bits per heavy atom. The summed E-state index contributed by atoms with van der Waals surface area (Å²) in [6, 6.07) is 4.79. The van der Waals surface area contributed by atoms with Gasteiger partial charge in [-0.3, -0.25) is 9.79 Å². The molecular weight excluding hydrogens is 391 g/mol. The van der Waals surface area contributed by atoms with Crippen LogP contribution in [0.25, 0.3) is 0 Å². The third-order valence-corrected chi connectivity index (χ3v) is 5.59. The van der Waals surface area contributed by atoms with Gasteiger partial charge in [-0.15, -0.1) is 0 Å². The fraction of sp³-hybridized carbons (Fsp3) is 0.636. The number of aliphatic imine (C=N–C) groups is 1. The highest BCUT2D eigenvalue weighted by atomic mass is 35.5. The summed E-state index contributed by atoms with van der Waals surface area (Å²) < 4.78 is 13.4. The molecule has 1 saturated heterocycles. The number of rotatable bonds is 6. The fourth-order valence-electron chi connectivity index (χ4n) is 3.52. The predicted octanol–water partition coefficient (Wildman–Crippen LogP) is 3.96. The van der Waals surface area contributed by atoms with E-state index in [2.05, 4.69) is 24.5 Å². The van der Waals surface area contributed by atoms with Gasteiger partial charge >= 0.3 is 0 Å². The predicted molar refractivity (Wildman–Crippen MR) is 118 cm³/mol. The number of nitrogens with one attached hydrogen (secondary N) is 2. The first kappa shape index (κ1) is 23.5. The maximum absolute atomic E-state index is 13.4. The number of amides is 1. The zero-order chi connectivity index (χ0) is 21.6. The first-order chi connectivity index (χ1) is 13.6. The highest BCUT2D eigenvalue weighted by Crippen LogP contribution is 2.30. The van der Waals surface area contributed by atoms with E-state index in [-0.39, 0.29) is 29.1 Å². The van der Waals surface area contributed by atoms with Crippen LogP contribution in [0.3, 0.4) is 0 Å². The summed E-state index contributed by atoms with van der Waals surface area (Å²) in [5, 5.41) is 7.22. The van der Waals surface area contributed by atoms with Crippen molar-refractivity contribution >= 4 is 23.5 Å². The lowest BCUT2D eigenvalue weighted by Crippen LogP contribution is -2.50. The lowest BCUT2D eigenvalue weighted by Gasteiger charge is -2.34. The van der Waals surface area contributed by atoms with Gasteiger partial charge in [-0.05, 0) is 37.5 Å². The van der Waals surface area contributed by atoms with Gasteiger partial charge in [0.2, 0.25) is 5.91 Å². The van der Waals surface area contributed by atoms with Crippen LogP contribution in [-0.4, -0.2) is 49.0 Å². The van der Waals surface area contributed by atoms with E-state index < -0.39 is 0 Å². The van der Waals surface area contributed by atoms with Gasteiger partial charge in [0.1, 0.15) is 5.82 Å². The molecular formula is C22H34ClFN4O. The van der Waals surface area contributed by atoms with E-state index in [4.69, 9.17) is 16.6 Å². The third-order valence-electron chi connectivity index (χ3n) is 5.28. The van der Waals surface area contributed by atoms with Gasteiger partial charge in [0, 0.05) is 42.0 Å². The summed E-state index contributed by atoms with van der Waals surface area (Å²) in [5.41, 5.74) is 0.542. The first-order valence-corrected chi connectivity index (χ1v) is 10.8. The van der Waals surface area contributed by atoms with Gasteiger partial charge in [0.25, 0.3) is 0 Å². The van der Waals surface area contributed by atoms with Crippen LogP contribution in [0.2, 0.25) is 5.02 Å². The molecule has 0 atom stereocenters. The van der Waals surface area contributed by atoms with Crippen molar-refractivity contribution in [1.29, 1.82) is 0 Å². The van der Waals surface area contributed by atoms with Crippen LogP contribution in [0.5, 0.6) is 0 Å². The van der Waals surface area contributed by atoms with E-state index in [1.54, 1.807) is 6.07 Å². The molecule has 7 heteroatoms. The summed E-state index contributed by atoms with van der Waals surface area (Å²) in [6.07, 6.45) is 1.80. The molecule has 1 aliphatic heterocycles. The van der Waals surface area contributed by atoms with Gasteiger partial charge in [-0.25, -0.2) is 4.39 Å². The molecule has 0 bridgehead atoms. The van der Waals surface area contributed by atoms with Crippen molar-refractivity contribution in [3.8, 4) is 0 Å². The number of hydrogen-bond acceptors (Lipinski definition) is 2. The Hall–Kier alpha value is -1.82. The molecule has 1 amide bonds. The number of nitrogens with zero attached hydrogens (tertiary/aromatic N) is 2. The molecule has 0 unspecified atom stereocenters. The second-order valence-corrected chi connectivity index (χ2v) is 9.01. The third kappa shape index (κ3) is 6.59. The molecule has 0 aromatic heterocycles. The van der Waals surface area contributed by atoms with Crippen LogP contribution >= 0.6 is 11.6 Å². The Morgan fingerprint density at radius 2 is 2.00 bits per heavy atom. The molecule has 2 rings (SSSR count). The van der Waals surface area contributed by atoms with Gasteiger partial charge < -0.3 is 15.5 Å². The Bertz CT molecular complexity index is 728. The molecule has 29 heavy (non-hydrogen) atoms. The van der Waals surface area contributed by atoms with Crippen molar-refractivity contribution in [1.82, 2.24) is 15.5 Å². The Morgan fingerprint density at radius 3 is 2.55 bits per heavy atom. The number of carbonyl (C=O) groups is 1. The second kappa shape index (κ2) is 10.3. The van der Waals surface area contributed by atoms with E-state index in [9.17, 15) is 9.18 Å². The summed E-state index contributed by atoms with van der Waals surface area (Å²) in [4.78, 5) is 18.9. The number of piperidine rings is 1. The smallest absolute Gasteiger partial charge is 0.225 e. The van der Waals surface area contributed by atoms with E-state index in [1.165, 1.54) is 12.1 Å². The van der Waals surface area contributed by atoms with Gasteiger partial charge in [-0.2, -0.15) is 0 Å². The zero-order valence-corrected chi connectivity index (χ0v) is 18.9. The number of guanidine groups is 1. The fourth-order valence-corrected chi connectivity index (χ4v) is 3.95. The minimum atomic E-state index is -0.338. The van der Waals surface area contributed by atoms with Crippen molar-refractivity contribution in [3.05, 3.63) is 34.6 Å². The summed E-state index contributed by atoms with van der Waals surface area (Å²) in [5.74, 6) is 0.684. The van der Waals surface area contributed by atoms with Crippen LogP contribution in [0.1, 0.15) is 53.0 Å². The zero-order valence-electron chi connectivity index (χ0n) is 18.2. The molecule has 0 aliphatic carbocycles. The molecule has 1 heterocycles. The molecule has 1 aromatic carbocycles. The van der Waals surface area contributed by atoms with Crippen LogP contribution in [-0.2, 0) is 10.2 Å². The van der Waals surface area contributed by atoms with Crippen LogP contribution in [0, 0.1) is 11.7 Å². The standard InChI is InChI=1S/C22H34ClFN4O/c1-6-25-21(27-17-9-11-28(12-10-17)20(29)15(2)3)26-14-22(4,5)18-8-7-16(24)13-19(18)23/h7-8,13,15,17H,6,9-12,14H2,1-5H3,(H2,25,26,27). The average Bonchev–Trinajstić information content (AvgIpc) is 2.66. The molecule has 5 nitrogen and oxygen atoms in total. The van der Waals surface area contributed by atoms with Crippen LogP contribution in [0.4, 0.5) is 4.39 Å². The quantitative estimate of drug-likeness (QED) is 0.536. The normalized spacial score (nSPS) is 16.3. The van der Waals surface area contributed by atoms with Crippen molar-refractivity contribution in [2.45, 2.75) is 58.9 Å². The van der Waals surface area contributed by atoms with Crippen LogP contribution in [0.15, 0.2) is 23.2 Å².